The molecule has 0 aliphatic carbocycles. The molecule has 0 bridgehead atoms. The molecule has 2 aromatic carbocycles. The van der Waals surface area contributed by atoms with Crippen molar-refractivity contribution >= 4 is 34.0 Å². The van der Waals surface area contributed by atoms with Gasteiger partial charge in [-0.25, -0.2) is 4.39 Å². The quantitative estimate of drug-likeness (QED) is 0.438. The van der Waals surface area contributed by atoms with Gasteiger partial charge in [0, 0.05) is 17.2 Å². The molecule has 4 rings (SSSR count). The number of halogens is 7. The van der Waals surface area contributed by atoms with Gasteiger partial charge in [0.25, 0.3) is 0 Å². The Kier molecular flexibility index (Phi) is 6.19. The first kappa shape index (κ1) is 24.2. The summed E-state index contributed by atoms with van der Waals surface area (Å²) in [4.78, 5) is 17.0. The molecular weight excluding hydrogens is 512 g/mol. The number of anilines is 1. The number of carbonyl (C=O) groups is 1. The summed E-state index contributed by atoms with van der Waals surface area (Å²) in [5.74, 6) is -10.1. The molecule has 3 aromatic rings. The predicted molar refractivity (Wildman–Crippen MR) is 108 cm³/mol. The highest BCUT2D eigenvalue weighted by molar-refractivity contribution is 7.85. The van der Waals surface area contributed by atoms with Gasteiger partial charge in [-0.2, -0.15) is 26.9 Å². The molecule has 0 saturated heterocycles. The highest BCUT2D eigenvalue weighted by Crippen LogP contribution is 2.44. The molecule has 1 aromatic heterocycles. The van der Waals surface area contributed by atoms with Crippen molar-refractivity contribution in [2.24, 2.45) is 0 Å². The van der Waals surface area contributed by atoms with Crippen LogP contribution in [0.2, 0.25) is 5.02 Å². The van der Waals surface area contributed by atoms with E-state index in [4.69, 9.17) is 11.6 Å². The van der Waals surface area contributed by atoms with Crippen LogP contribution in [0.15, 0.2) is 45.8 Å². The maximum absolute atomic E-state index is 14.8. The number of hydrogen-bond donors (Lipinski definition) is 0. The molecule has 0 spiro atoms. The molecule has 1 aliphatic heterocycles. The Hall–Kier alpha value is -2.93. The van der Waals surface area contributed by atoms with Crippen molar-refractivity contribution in [1.29, 1.82) is 0 Å². The van der Waals surface area contributed by atoms with E-state index in [-0.39, 0.29) is 29.3 Å². The maximum Gasteiger partial charge on any atom is 0.463 e. The zero-order valence-corrected chi connectivity index (χ0v) is 18.3. The molecule has 6 nitrogen and oxygen atoms in total. The van der Waals surface area contributed by atoms with Crippen molar-refractivity contribution in [1.82, 2.24) is 10.1 Å². The number of rotatable bonds is 4. The number of carbonyl (C=O) groups excluding carboxylic acids is 1. The predicted octanol–water partition coefficient (Wildman–Crippen LogP) is 5.23. The van der Waals surface area contributed by atoms with Crippen LogP contribution in [0, 0.1) is 5.82 Å². The topological polar surface area (TPSA) is 76.3 Å². The van der Waals surface area contributed by atoms with Crippen LogP contribution in [0.1, 0.15) is 17.9 Å². The molecule has 14 heteroatoms. The number of hydrogen-bond acceptors (Lipinski definition) is 5. The van der Waals surface area contributed by atoms with Crippen molar-refractivity contribution in [2.75, 3.05) is 10.7 Å². The fourth-order valence-electron chi connectivity index (χ4n) is 3.19. The van der Waals surface area contributed by atoms with E-state index in [9.17, 15) is 35.3 Å². The third-order valence-electron chi connectivity index (χ3n) is 4.93. The van der Waals surface area contributed by atoms with Gasteiger partial charge in [0.05, 0.1) is 33.5 Å². The second-order valence-corrected chi connectivity index (χ2v) is 9.18. The van der Waals surface area contributed by atoms with Crippen LogP contribution in [0.25, 0.3) is 11.4 Å². The second kappa shape index (κ2) is 8.69. The number of fused-ring (bicyclic) bond motifs is 1. The lowest BCUT2D eigenvalue weighted by molar-refractivity contribution is -0.298. The van der Waals surface area contributed by atoms with Crippen LogP contribution in [-0.4, -0.2) is 32.2 Å². The van der Waals surface area contributed by atoms with Crippen molar-refractivity contribution in [2.45, 2.75) is 30.0 Å². The molecule has 0 fully saturated rings. The Morgan fingerprint density at radius 3 is 2.44 bits per heavy atom. The average Bonchev–Trinajstić information content (AvgIpc) is 3.23. The van der Waals surface area contributed by atoms with Crippen LogP contribution in [0.3, 0.4) is 0 Å². The van der Waals surface area contributed by atoms with Crippen molar-refractivity contribution in [3.63, 3.8) is 0 Å². The SMILES string of the molecule is O=C1CCS(=O)c2cc(F)c(-c3noc(C(F)(F)C(F)(F)F)n3)cc2N1Cc1ccc(Cl)cc1. The lowest BCUT2D eigenvalue weighted by Crippen LogP contribution is -2.34. The molecule has 1 unspecified atom stereocenters. The van der Waals surface area contributed by atoms with Gasteiger partial charge >= 0.3 is 18.0 Å². The Bertz CT molecular complexity index is 1280. The van der Waals surface area contributed by atoms with Crippen LogP contribution in [0.4, 0.5) is 32.0 Å². The lowest BCUT2D eigenvalue weighted by atomic mass is 10.1. The normalized spacial score (nSPS) is 17.0. The minimum absolute atomic E-state index is 0.0267. The van der Waals surface area contributed by atoms with Gasteiger partial charge in [-0.3, -0.25) is 9.00 Å². The first-order valence-electron chi connectivity index (χ1n) is 9.44. The lowest BCUT2D eigenvalue weighted by Gasteiger charge is -2.23. The Balaban J connectivity index is 1.80. The van der Waals surface area contributed by atoms with Crippen molar-refractivity contribution < 1.29 is 39.9 Å². The van der Waals surface area contributed by atoms with E-state index < -0.39 is 51.9 Å². The largest absolute Gasteiger partial charge is 0.463 e. The van der Waals surface area contributed by atoms with Gasteiger partial charge in [0.15, 0.2) is 0 Å². The van der Waals surface area contributed by atoms with Gasteiger partial charge in [-0.1, -0.05) is 28.9 Å². The second-order valence-electron chi connectivity index (χ2n) is 7.20. The fraction of sp³-hybridized carbons (Fsp3) is 0.250. The smallest absolute Gasteiger partial charge is 0.332 e. The first-order chi connectivity index (χ1) is 15.9. The van der Waals surface area contributed by atoms with E-state index in [1.54, 1.807) is 24.3 Å². The highest BCUT2D eigenvalue weighted by Gasteiger charge is 2.63. The monoisotopic (exact) mass is 523 g/mol. The molecule has 1 aliphatic rings. The molecule has 2 heterocycles. The van der Waals surface area contributed by atoms with E-state index in [1.165, 1.54) is 4.90 Å². The molecule has 0 radical (unpaired) electrons. The molecule has 180 valence electrons. The van der Waals surface area contributed by atoms with Crippen molar-refractivity contribution in [3.8, 4) is 11.4 Å². The number of amides is 1. The van der Waals surface area contributed by atoms with Crippen molar-refractivity contribution in [3.05, 3.63) is 58.7 Å². The maximum atomic E-state index is 14.8. The minimum Gasteiger partial charge on any atom is -0.332 e. The number of aromatic nitrogens is 2. The summed E-state index contributed by atoms with van der Waals surface area (Å²) in [6.45, 7) is -0.0328. The van der Waals surface area contributed by atoms with E-state index in [0.29, 0.717) is 10.6 Å². The summed E-state index contributed by atoms with van der Waals surface area (Å²) in [5.41, 5.74) is -0.0189. The molecule has 0 saturated carbocycles. The van der Waals surface area contributed by atoms with Gasteiger partial charge in [-0.15, -0.1) is 0 Å². The summed E-state index contributed by atoms with van der Waals surface area (Å²) in [6, 6.07) is 8.21. The molecule has 0 N–H and O–H groups in total. The molecule has 1 atom stereocenters. The van der Waals surface area contributed by atoms with Crippen LogP contribution < -0.4 is 4.90 Å². The van der Waals surface area contributed by atoms with Gasteiger partial charge in [-0.05, 0) is 29.8 Å². The summed E-state index contributed by atoms with van der Waals surface area (Å²) in [7, 11) is -1.79. The minimum atomic E-state index is -6.01. The molecule has 1 amide bonds. The van der Waals surface area contributed by atoms with Crippen LogP contribution >= 0.6 is 11.6 Å². The Morgan fingerprint density at radius 2 is 1.79 bits per heavy atom. The third kappa shape index (κ3) is 4.41. The zero-order chi connectivity index (χ0) is 24.8. The summed E-state index contributed by atoms with van der Waals surface area (Å²) >= 11 is 5.87. The zero-order valence-electron chi connectivity index (χ0n) is 16.7. The van der Waals surface area contributed by atoms with Gasteiger partial charge in [0.2, 0.25) is 11.7 Å². The standard InChI is InChI=1S/C20H12ClF6N3O3S/c21-11-3-1-10(2-4-11)9-30-14-7-12(13(22)8-15(14)34(32)6-5-16(30)31)17-28-18(33-29-17)19(23,24)20(25,26)27/h1-4,7-8H,5-6,9H2. The van der Waals surface area contributed by atoms with Crippen LogP contribution in [-0.2, 0) is 28.1 Å². The van der Waals surface area contributed by atoms with Gasteiger partial charge in [0.1, 0.15) is 5.82 Å². The fourth-order valence-corrected chi connectivity index (χ4v) is 4.54. The number of benzene rings is 2. The number of nitrogens with zero attached hydrogens (tertiary/aromatic N) is 3. The van der Waals surface area contributed by atoms with E-state index in [0.717, 1.165) is 12.1 Å². The summed E-state index contributed by atoms with van der Waals surface area (Å²) in [6.07, 6.45) is -6.14. The summed E-state index contributed by atoms with van der Waals surface area (Å²) < 4.78 is 96.4. The first-order valence-corrected chi connectivity index (χ1v) is 11.1. The number of alkyl halides is 5. The molecule has 34 heavy (non-hydrogen) atoms. The molecular formula is C20H12ClF6N3O3S. The van der Waals surface area contributed by atoms with E-state index in [2.05, 4.69) is 14.7 Å². The summed E-state index contributed by atoms with van der Waals surface area (Å²) in [5, 5.41) is 3.50. The Labute approximate surface area is 195 Å². The van der Waals surface area contributed by atoms with E-state index >= 15 is 0 Å². The van der Waals surface area contributed by atoms with Gasteiger partial charge < -0.3 is 9.42 Å². The highest BCUT2D eigenvalue weighted by atomic mass is 35.5. The van der Waals surface area contributed by atoms with Crippen LogP contribution in [0.5, 0.6) is 0 Å². The average molecular weight is 524 g/mol. The van der Waals surface area contributed by atoms with E-state index in [1.807, 2.05) is 0 Å². The third-order valence-corrected chi connectivity index (χ3v) is 6.58. The Morgan fingerprint density at radius 1 is 1.12 bits per heavy atom.